The zero-order valence-corrected chi connectivity index (χ0v) is 44.5. The summed E-state index contributed by atoms with van der Waals surface area (Å²) in [6.07, 6.45) is 1.83. The number of pyridine rings is 1. The topological polar surface area (TPSA) is 49.5 Å². The van der Waals surface area contributed by atoms with E-state index in [-0.39, 0.29) is 35.1 Å². The second kappa shape index (κ2) is 18.6. The molecular formula is C70H50N4O2Pt. The van der Waals surface area contributed by atoms with Gasteiger partial charge in [0.1, 0.15) is 0 Å². The number of rotatable bonds is 8. The van der Waals surface area contributed by atoms with Crippen LogP contribution in [0.3, 0.4) is 0 Å². The Labute approximate surface area is 463 Å². The maximum atomic E-state index is 8.85. The zero-order chi connectivity index (χ0) is 56.1. The number of hydrogen-bond acceptors (Lipinski definition) is 3. The number of ether oxygens (including phenoxy) is 1. The van der Waals surface area contributed by atoms with Crippen molar-refractivity contribution in [3.8, 4) is 67.5 Å². The summed E-state index contributed by atoms with van der Waals surface area (Å²) in [5, 5.41) is 3.67. The molecule has 10 aromatic carbocycles. The molecule has 4 heterocycles. The molecule has 0 N–H and O–H groups in total. The van der Waals surface area contributed by atoms with Crippen LogP contribution in [-0.4, -0.2) is 18.5 Å². The molecule has 7 heteroatoms. The molecule has 0 aliphatic heterocycles. The number of nitrogens with zero attached hydrogens (tertiary/aromatic N) is 4. The smallest absolute Gasteiger partial charge is 0.0617 e. The van der Waals surface area contributed by atoms with Gasteiger partial charge >= 0.3 is 368 Å². The first-order valence-electron chi connectivity index (χ1n) is 28.1. The molecular weight excluding hydrogens is 1120 g/mol. The van der Waals surface area contributed by atoms with Gasteiger partial charge in [-0.25, -0.2) is 0 Å². The summed E-state index contributed by atoms with van der Waals surface area (Å²) in [5.41, 5.74) is 14.8. The minimum absolute atomic E-state index is 0.143. The fourth-order valence-electron chi connectivity index (χ4n) is 11.0. The van der Waals surface area contributed by atoms with E-state index in [1.54, 1.807) is 0 Å². The first-order valence-corrected chi connectivity index (χ1v) is 26.7. The minimum atomic E-state index is -0.430. The minimum Gasteiger partial charge on any atom is -0.0617 e. The van der Waals surface area contributed by atoms with E-state index >= 15 is 0 Å². The molecule has 0 radical (unpaired) electrons. The van der Waals surface area contributed by atoms with Crippen LogP contribution in [-0.2, 0) is 24.8 Å². The molecule has 0 unspecified atom stereocenters. The van der Waals surface area contributed by atoms with E-state index in [1.807, 2.05) is 66.9 Å². The number of hydrogen-bond donors (Lipinski definition) is 0. The molecule has 0 saturated carbocycles. The van der Waals surface area contributed by atoms with Crippen molar-refractivity contribution in [2.75, 3.05) is 0 Å². The fraction of sp³-hybridized carbons (Fsp3) is 0.0571. The summed E-state index contributed by atoms with van der Waals surface area (Å²) in [6, 6.07) is 71.2. The van der Waals surface area contributed by atoms with E-state index in [2.05, 4.69) is 205 Å². The van der Waals surface area contributed by atoms with Gasteiger partial charge in [0.25, 0.3) is 0 Å². The van der Waals surface area contributed by atoms with Crippen molar-refractivity contribution in [3.05, 3.63) is 258 Å². The number of benzene rings is 10. The number of fused-ring (bicyclic) bond motifs is 7. The molecule has 0 atom stereocenters. The van der Waals surface area contributed by atoms with Gasteiger partial charge in [-0.3, -0.25) is 0 Å². The van der Waals surface area contributed by atoms with E-state index in [0.29, 0.717) is 28.5 Å². The Morgan fingerprint density at radius 2 is 1.10 bits per heavy atom. The van der Waals surface area contributed by atoms with Crippen LogP contribution in [0.15, 0.2) is 253 Å². The summed E-state index contributed by atoms with van der Waals surface area (Å²) in [5.74, 6) is 1.86. The molecule has 0 saturated heterocycles. The Bertz CT molecular complexity index is 4940. The van der Waals surface area contributed by atoms with E-state index in [4.69, 9.17) is 21.0 Å². The predicted molar refractivity (Wildman–Crippen MR) is 313 cm³/mol. The van der Waals surface area contributed by atoms with Crippen molar-refractivity contribution in [2.24, 2.45) is 0 Å². The van der Waals surface area contributed by atoms with Crippen LogP contribution in [0, 0.1) is 3.80 Å². The van der Waals surface area contributed by atoms with Crippen LogP contribution in [0.1, 0.15) is 33.2 Å². The fourth-order valence-corrected chi connectivity index (χ4v) is 12.0. The molecule has 0 fully saturated rings. The Hall–Kier alpha value is -9.09. The second-order valence-electron chi connectivity index (χ2n) is 20.3. The Morgan fingerprint density at radius 3 is 1.81 bits per heavy atom. The number of imidazole rings is 1. The van der Waals surface area contributed by atoms with Gasteiger partial charge in [0.05, 0.1) is 6.85 Å². The van der Waals surface area contributed by atoms with Crippen molar-refractivity contribution in [3.63, 3.8) is 0 Å². The van der Waals surface area contributed by atoms with Crippen LogP contribution in [0.4, 0.5) is 0 Å². The molecule has 0 bridgehead atoms. The van der Waals surface area contributed by atoms with Gasteiger partial charge in [-0.2, -0.15) is 0 Å². The quantitative estimate of drug-likeness (QED) is 0.152. The Kier molecular flexibility index (Phi) is 9.97. The van der Waals surface area contributed by atoms with Crippen molar-refractivity contribution in [1.82, 2.24) is 18.5 Å². The monoisotopic (exact) mass is 1180 g/mol. The summed E-state index contributed by atoms with van der Waals surface area (Å²) < 4.78 is 65.0. The first-order chi connectivity index (χ1) is 39.8. The molecule has 0 amide bonds. The molecule has 4 aromatic heterocycles. The van der Waals surface area contributed by atoms with Crippen LogP contribution in [0.5, 0.6) is 11.5 Å². The van der Waals surface area contributed by atoms with Crippen LogP contribution in [0.2, 0.25) is 0 Å². The van der Waals surface area contributed by atoms with Gasteiger partial charge in [0.15, 0.2) is 0 Å². The Balaban J connectivity index is 1.03. The summed E-state index contributed by atoms with van der Waals surface area (Å²) in [6.45, 7) is 6.52. The van der Waals surface area contributed by atoms with Crippen molar-refractivity contribution in [1.29, 1.82) is 0 Å². The molecule has 0 aliphatic rings. The van der Waals surface area contributed by atoms with E-state index in [0.717, 1.165) is 103 Å². The molecule has 0 aliphatic carbocycles. The summed E-state index contributed by atoms with van der Waals surface area (Å²) >= 11 is 2.49. The number of para-hydroxylation sites is 3. The number of aromatic nitrogens is 4. The molecule has 77 heavy (non-hydrogen) atoms. The third-order valence-corrected chi connectivity index (χ3v) is 15.6. The van der Waals surface area contributed by atoms with Crippen LogP contribution in [0.25, 0.3) is 116 Å². The van der Waals surface area contributed by atoms with Crippen molar-refractivity contribution < 1.29 is 35.4 Å². The third-order valence-electron chi connectivity index (χ3n) is 14.6. The van der Waals surface area contributed by atoms with Gasteiger partial charge < -0.3 is 0 Å². The van der Waals surface area contributed by atoms with Crippen LogP contribution >= 0.6 is 0 Å². The standard InChI is InChI=1S/C70H50N4O2.Pt/c1-70(2,3)51-39-40-71-66(42-51)74-61-37-33-50(46-19-8-4-9-20-46)41-60(61)57-36-34-52(43-63(57)74)75-53-35-38-65-64(44-53)73-45-72(67-54(47-21-10-5-11-22-47)27-16-28-55(67)48-23-12-6-13-24-48)62-32-18-30-58(68(62)73)59-31-17-29-56(69(59)76-65)49-25-14-7-15-26-49;/h4-44H,1-3H3;/i4D,8D,9D,19D,20D;. The summed E-state index contributed by atoms with van der Waals surface area (Å²) in [4.78, 5) is 4.94. The molecule has 372 valence electrons. The van der Waals surface area contributed by atoms with Gasteiger partial charge in [-0.05, 0) is 28.2 Å². The normalized spacial score (nSPS) is 12.8. The average Bonchev–Trinajstić information content (AvgIpc) is 4.22. The summed E-state index contributed by atoms with van der Waals surface area (Å²) in [7, 11) is 0. The van der Waals surface area contributed by atoms with Gasteiger partial charge in [-0.15, -0.1) is 0 Å². The van der Waals surface area contributed by atoms with E-state index in [9.17, 15) is 0 Å². The van der Waals surface area contributed by atoms with Crippen molar-refractivity contribution >= 4 is 60.3 Å². The van der Waals surface area contributed by atoms with Gasteiger partial charge in [0.2, 0.25) is 0 Å². The predicted octanol–water partition coefficient (Wildman–Crippen LogP) is 18.7. The molecule has 6 nitrogen and oxygen atoms in total. The SMILES string of the molecule is [2H]c1c([2H])c([2H])c(-c2ccc3c(c2)c2ccc(Oc4ccc5oc6c(-c7ccccc7)cccc6c6cccc7c6n([c](=[Pt])n7-c6c(-c7ccccc7)cccc6-c6ccccc6)c5c4)cc2n3-c2cc(C(C)(C)C)ccn2)c([2H])c1[2H]. The maximum absolute atomic E-state index is 8.85. The van der Waals surface area contributed by atoms with Gasteiger partial charge in [0, 0.05) is 6.20 Å². The Morgan fingerprint density at radius 1 is 0.481 bits per heavy atom. The first kappa shape index (κ1) is 41.2. The van der Waals surface area contributed by atoms with Crippen molar-refractivity contribution in [2.45, 2.75) is 26.2 Å². The van der Waals surface area contributed by atoms with Gasteiger partial charge in [-0.1, -0.05) is 57.0 Å². The molecule has 14 rings (SSSR count). The molecule has 14 aromatic rings. The van der Waals surface area contributed by atoms with E-state index < -0.39 is 6.04 Å². The second-order valence-corrected chi connectivity index (χ2v) is 21.3. The molecule has 0 spiro atoms. The average molecular weight is 1180 g/mol. The van der Waals surface area contributed by atoms with Crippen LogP contribution < -0.4 is 4.74 Å². The zero-order valence-electron chi connectivity index (χ0n) is 47.2. The third kappa shape index (κ3) is 7.98. The van der Waals surface area contributed by atoms with E-state index in [1.165, 1.54) is 0 Å².